The molecule has 0 aliphatic carbocycles. The molecule has 4 nitrogen and oxygen atoms in total. The van der Waals surface area contributed by atoms with Gasteiger partial charge < -0.3 is 15.0 Å². The number of carbonyl (C=O) groups is 1. The van der Waals surface area contributed by atoms with Crippen LogP contribution in [0.4, 0.5) is 0 Å². The molecule has 0 aromatic rings. The Bertz CT molecular complexity index is 182. The molecule has 1 rings (SSSR count). The van der Waals surface area contributed by atoms with E-state index in [4.69, 9.17) is 4.74 Å². The van der Waals surface area contributed by atoms with Crippen LogP contribution in [0.5, 0.6) is 0 Å². The van der Waals surface area contributed by atoms with Crippen LogP contribution in [0.1, 0.15) is 6.92 Å². The number of hydrogen-bond donors (Lipinski definition) is 2. The smallest absolute Gasteiger partial charge is 0.319 e. The minimum absolute atomic E-state index is 0.167. The Kier molecular flexibility index (Phi) is 5.44. The predicted molar refractivity (Wildman–Crippen MR) is 57.8 cm³/mol. The quantitative estimate of drug-likeness (QED) is 0.496. The first-order valence-electron chi connectivity index (χ1n) is 5.05. The van der Waals surface area contributed by atoms with E-state index in [1.165, 1.54) is 4.90 Å². The molecular weight excluding hydrogens is 248 g/mol. The van der Waals surface area contributed by atoms with Crippen molar-refractivity contribution in [2.45, 2.75) is 11.8 Å². The van der Waals surface area contributed by atoms with Crippen molar-refractivity contribution in [1.29, 1.82) is 0 Å². The zero-order valence-corrected chi connectivity index (χ0v) is 10.1. The van der Waals surface area contributed by atoms with Gasteiger partial charge in [-0.1, -0.05) is 15.9 Å². The average Bonchev–Trinajstić information content (AvgIpc) is 2.19. The third-order valence-corrected chi connectivity index (χ3v) is 2.71. The van der Waals surface area contributed by atoms with Crippen LogP contribution in [-0.2, 0) is 9.53 Å². The van der Waals surface area contributed by atoms with E-state index in [1.807, 2.05) is 0 Å². The van der Waals surface area contributed by atoms with Gasteiger partial charge in [-0.25, -0.2) is 0 Å². The molecule has 0 spiro atoms. The van der Waals surface area contributed by atoms with Crippen molar-refractivity contribution in [1.82, 2.24) is 5.32 Å². The lowest BCUT2D eigenvalue weighted by Gasteiger charge is -2.24. The molecule has 5 heteroatoms. The second-order valence-corrected chi connectivity index (χ2v) is 4.91. The summed E-state index contributed by atoms with van der Waals surface area (Å²) in [6.45, 7) is 7.62. The second-order valence-electron chi connectivity index (χ2n) is 3.53. The van der Waals surface area contributed by atoms with Gasteiger partial charge in [-0.15, -0.1) is 0 Å². The number of ether oxygens (including phenoxy) is 1. The molecule has 14 heavy (non-hydrogen) atoms. The molecule has 0 aromatic carbocycles. The molecule has 0 radical (unpaired) electrons. The van der Waals surface area contributed by atoms with Gasteiger partial charge in [0, 0.05) is 13.1 Å². The van der Waals surface area contributed by atoms with Gasteiger partial charge >= 0.3 is 5.97 Å². The highest BCUT2D eigenvalue weighted by Crippen LogP contribution is 1.98. The lowest BCUT2D eigenvalue weighted by atomic mass is 10.3. The maximum Gasteiger partial charge on any atom is 0.319 e. The van der Waals surface area contributed by atoms with Crippen LogP contribution >= 0.6 is 15.9 Å². The first-order valence-corrected chi connectivity index (χ1v) is 5.96. The Hall–Kier alpha value is -0.130. The molecule has 0 amide bonds. The summed E-state index contributed by atoms with van der Waals surface area (Å²) >= 11 is 3.17. The van der Waals surface area contributed by atoms with Gasteiger partial charge in [-0.2, -0.15) is 0 Å². The number of halogens is 1. The number of nitrogens with one attached hydrogen (secondary N) is 2. The van der Waals surface area contributed by atoms with Crippen molar-refractivity contribution in [3.05, 3.63) is 0 Å². The molecule has 0 aromatic heterocycles. The number of quaternary nitrogens is 1. The summed E-state index contributed by atoms with van der Waals surface area (Å²) in [6.07, 6.45) is 0. The number of rotatable bonds is 4. The number of alkyl halides is 1. The van der Waals surface area contributed by atoms with Gasteiger partial charge in [0.25, 0.3) is 0 Å². The van der Waals surface area contributed by atoms with Crippen LogP contribution in [0, 0.1) is 0 Å². The van der Waals surface area contributed by atoms with Gasteiger partial charge in [0.1, 0.15) is 18.0 Å². The Labute approximate surface area is 93.1 Å². The molecule has 1 aliphatic heterocycles. The molecule has 1 unspecified atom stereocenters. The van der Waals surface area contributed by atoms with E-state index in [2.05, 4.69) is 21.2 Å². The average molecular weight is 266 g/mol. The molecule has 1 heterocycles. The normalized spacial score (nSPS) is 20.4. The molecule has 0 bridgehead atoms. The van der Waals surface area contributed by atoms with Crippen molar-refractivity contribution in [2.75, 3.05) is 39.3 Å². The lowest BCUT2D eigenvalue weighted by molar-refractivity contribution is -0.902. The number of hydrogen-bond acceptors (Lipinski definition) is 3. The molecule has 2 N–H and O–H groups in total. The van der Waals surface area contributed by atoms with Crippen molar-refractivity contribution >= 4 is 21.9 Å². The largest absolute Gasteiger partial charge is 0.459 e. The standard InChI is InChI=1S/C9H17BrN2O2/c1-8(10)9(13)14-7-6-12-4-2-11-3-5-12/h8,11H,2-7H2,1H3/p+1. The maximum absolute atomic E-state index is 11.1. The van der Waals surface area contributed by atoms with Gasteiger partial charge in [0.15, 0.2) is 0 Å². The zero-order chi connectivity index (χ0) is 10.4. The Morgan fingerprint density at radius 2 is 2.21 bits per heavy atom. The highest BCUT2D eigenvalue weighted by atomic mass is 79.9. The van der Waals surface area contributed by atoms with E-state index >= 15 is 0 Å². The summed E-state index contributed by atoms with van der Waals surface area (Å²) in [7, 11) is 0. The molecular formula is C9H18BrN2O2+. The zero-order valence-electron chi connectivity index (χ0n) is 8.51. The van der Waals surface area contributed by atoms with Crippen molar-refractivity contribution in [3.63, 3.8) is 0 Å². The van der Waals surface area contributed by atoms with E-state index in [-0.39, 0.29) is 10.8 Å². The van der Waals surface area contributed by atoms with E-state index in [1.54, 1.807) is 6.92 Å². The Morgan fingerprint density at radius 3 is 2.79 bits per heavy atom. The van der Waals surface area contributed by atoms with Gasteiger partial charge in [-0.3, -0.25) is 4.79 Å². The molecule has 82 valence electrons. The van der Waals surface area contributed by atoms with Gasteiger partial charge in [0.2, 0.25) is 0 Å². The van der Waals surface area contributed by atoms with E-state index in [0.29, 0.717) is 6.61 Å². The molecule has 0 saturated carbocycles. The van der Waals surface area contributed by atoms with Crippen LogP contribution in [-0.4, -0.2) is 50.1 Å². The summed E-state index contributed by atoms with van der Waals surface area (Å²) in [5.74, 6) is -0.167. The van der Waals surface area contributed by atoms with Crippen LogP contribution in [0.3, 0.4) is 0 Å². The number of esters is 1. The fourth-order valence-electron chi connectivity index (χ4n) is 1.44. The van der Waals surface area contributed by atoms with Crippen molar-refractivity contribution in [2.24, 2.45) is 0 Å². The van der Waals surface area contributed by atoms with Gasteiger partial charge in [-0.05, 0) is 6.92 Å². The minimum atomic E-state index is -0.194. The van der Waals surface area contributed by atoms with Crippen molar-refractivity contribution in [3.8, 4) is 0 Å². The highest BCUT2D eigenvalue weighted by molar-refractivity contribution is 9.10. The molecule has 1 atom stereocenters. The van der Waals surface area contributed by atoms with Crippen LogP contribution < -0.4 is 10.2 Å². The first kappa shape index (κ1) is 11.9. The predicted octanol–water partition coefficient (Wildman–Crippen LogP) is -1.20. The summed E-state index contributed by atoms with van der Waals surface area (Å²) in [5.41, 5.74) is 0. The van der Waals surface area contributed by atoms with E-state index < -0.39 is 0 Å². The van der Waals surface area contributed by atoms with Crippen LogP contribution in [0.25, 0.3) is 0 Å². The highest BCUT2D eigenvalue weighted by Gasteiger charge is 2.14. The van der Waals surface area contributed by atoms with Crippen LogP contribution in [0.15, 0.2) is 0 Å². The SMILES string of the molecule is CC(Br)C(=O)OCC[NH+]1CCNCC1. The topological polar surface area (TPSA) is 42.8 Å². The summed E-state index contributed by atoms with van der Waals surface area (Å²) in [6, 6.07) is 0. The fraction of sp³-hybridized carbons (Fsp3) is 0.889. The molecule has 1 saturated heterocycles. The van der Waals surface area contributed by atoms with Crippen LogP contribution in [0.2, 0.25) is 0 Å². The van der Waals surface area contributed by atoms with Crippen molar-refractivity contribution < 1.29 is 14.4 Å². The monoisotopic (exact) mass is 265 g/mol. The lowest BCUT2D eigenvalue weighted by Crippen LogP contribution is -3.15. The number of piperazine rings is 1. The Morgan fingerprint density at radius 1 is 1.57 bits per heavy atom. The molecule has 1 aliphatic rings. The fourth-order valence-corrected chi connectivity index (χ4v) is 1.57. The minimum Gasteiger partial charge on any atom is -0.459 e. The molecule has 1 fully saturated rings. The second kappa shape index (κ2) is 6.37. The third kappa shape index (κ3) is 4.39. The summed E-state index contributed by atoms with van der Waals surface area (Å²) < 4.78 is 5.08. The van der Waals surface area contributed by atoms with Gasteiger partial charge in [0.05, 0.1) is 13.1 Å². The first-order chi connectivity index (χ1) is 6.70. The summed E-state index contributed by atoms with van der Waals surface area (Å²) in [4.78, 5) is 12.4. The summed E-state index contributed by atoms with van der Waals surface area (Å²) in [5, 5.41) is 3.30. The van der Waals surface area contributed by atoms with E-state index in [9.17, 15) is 4.79 Å². The Balaban J connectivity index is 2.05. The number of carbonyl (C=O) groups excluding carboxylic acids is 1. The third-order valence-electron chi connectivity index (χ3n) is 2.34. The maximum atomic E-state index is 11.1. The van der Waals surface area contributed by atoms with E-state index in [0.717, 1.165) is 32.7 Å².